The Morgan fingerprint density at radius 2 is 1.79 bits per heavy atom. The van der Waals surface area contributed by atoms with Crippen LogP contribution in [0, 0.1) is 11.8 Å². The molecule has 1 aliphatic rings. The van der Waals surface area contributed by atoms with E-state index in [-0.39, 0.29) is 32.3 Å². The molecule has 2 nitrogen and oxygen atoms in total. The van der Waals surface area contributed by atoms with Crippen molar-refractivity contribution in [2.75, 3.05) is 36.4 Å². The Labute approximate surface area is 201 Å². The third-order valence-corrected chi connectivity index (χ3v) is 15.9. The number of carbonyl (C=O) groups excluding carboxylic acids is 1. The normalized spacial score (nSPS) is 14.7. The van der Waals surface area contributed by atoms with Crippen LogP contribution in [-0.2, 0) is 9.53 Å². The van der Waals surface area contributed by atoms with Crippen LogP contribution in [0.4, 0.5) is 0 Å². The van der Waals surface area contributed by atoms with Crippen molar-refractivity contribution in [3.8, 4) is 0 Å². The average molecular weight is 501 g/mol. The number of hydrogen-bond donors (Lipinski definition) is 0. The second kappa shape index (κ2) is 23.6. The minimum absolute atomic E-state index is 0. The predicted molar refractivity (Wildman–Crippen MR) is 146 cm³/mol. The molecule has 28 heavy (non-hydrogen) atoms. The average Bonchev–Trinajstić information content (AvgIpc) is 2.65. The molecule has 0 bridgehead atoms. The van der Waals surface area contributed by atoms with Crippen LogP contribution in [0.1, 0.15) is 48.0 Å². The molecule has 1 heterocycles. The molecule has 1 saturated heterocycles. The van der Waals surface area contributed by atoms with Gasteiger partial charge in [-0.05, 0) is 23.8 Å². The monoisotopic (exact) mass is 500 g/mol. The van der Waals surface area contributed by atoms with Crippen molar-refractivity contribution in [1.29, 1.82) is 0 Å². The number of esters is 1. The van der Waals surface area contributed by atoms with Crippen molar-refractivity contribution >= 4 is 75.0 Å². The van der Waals surface area contributed by atoms with Crippen molar-refractivity contribution in [2.45, 2.75) is 69.9 Å². The van der Waals surface area contributed by atoms with Crippen LogP contribution >= 0.6 is 42.4 Å². The molecule has 0 saturated carbocycles. The zero-order valence-corrected chi connectivity index (χ0v) is 24.7. The van der Waals surface area contributed by atoms with E-state index in [1.165, 1.54) is 43.0 Å². The molecule has 1 fully saturated rings. The van der Waals surface area contributed by atoms with Crippen LogP contribution in [-0.4, -0.2) is 73.5 Å². The van der Waals surface area contributed by atoms with Gasteiger partial charge < -0.3 is 4.74 Å². The van der Waals surface area contributed by atoms with E-state index in [4.69, 9.17) is 0 Å². The van der Waals surface area contributed by atoms with Crippen LogP contribution < -0.4 is 0 Å². The number of rotatable bonds is 7. The molecule has 1 atom stereocenters. The molecular formula is C20H46Al2O2S4. The second-order valence-corrected chi connectivity index (χ2v) is 22.8. The first kappa shape index (κ1) is 34.5. The Bertz CT molecular complexity index is 386. The maximum atomic E-state index is 10.3. The van der Waals surface area contributed by atoms with Crippen LogP contribution in [0.25, 0.3) is 0 Å². The third-order valence-electron chi connectivity index (χ3n) is 3.53. The van der Waals surface area contributed by atoms with Crippen molar-refractivity contribution in [2.24, 2.45) is 11.8 Å². The van der Waals surface area contributed by atoms with E-state index in [9.17, 15) is 4.79 Å². The maximum absolute atomic E-state index is 10.3. The van der Waals surface area contributed by atoms with E-state index in [0.29, 0.717) is 0 Å². The van der Waals surface area contributed by atoms with Crippen LogP contribution in [0.2, 0.25) is 17.4 Å². The molecule has 1 rings (SSSR count). The van der Waals surface area contributed by atoms with Crippen LogP contribution in [0.5, 0.6) is 0 Å². The molecule has 1 aliphatic heterocycles. The van der Waals surface area contributed by atoms with E-state index in [1.807, 2.05) is 0 Å². The summed E-state index contributed by atoms with van der Waals surface area (Å²) in [6.45, 7) is 8.23. The third kappa shape index (κ3) is 24.2. The van der Waals surface area contributed by atoms with Gasteiger partial charge in [0.2, 0.25) is 0 Å². The van der Waals surface area contributed by atoms with Crippen LogP contribution in [0.15, 0.2) is 0 Å². The topological polar surface area (TPSA) is 26.3 Å². The molecule has 0 aromatic rings. The van der Waals surface area contributed by atoms with Gasteiger partial charge >= 0.3 is 93.0 Å². The van der Waals surface area contributed by atoms with Gasteiger partial charge in [-0.2, -0.15) is 0 Å². The van der Waals surface area contributed by atoms with E-state index in [1.54, 1.807) is 13.8 Å². The standard InChI is InChI=1S/C7H14S2.C5H10O2.C4H10S2.CH4.3CH3.2Al/c1-6(2)7-8-4-3-5-9-7;1-4(2)5(6)7-3;1-6-4-2-3-5;;;;;;/h6-7H,3-5H2,1-2H3;4H,1-3H3;5H,2-4H2,1H3;1H4;3*1H3;;/q;;;;;;;;+1/p-1. The Balaban J connectivity index is -0.000000337. The molecule has 1 unspecified atom stereocenters. The van der Waals surface area contributed by atoms with E-state index in [0.717, 1.165) is 32.8 Å². The predicted octanol–water partition coefficient (Wildman–Crippen LogP) is 7.22. The van der Waals surface area contributed by atoms with Gasteiger partial charge in [0.1, 0.15) is 0 Å². The minimum atomic E-state index is -0.316. The van der Waals surface area contributed by atoms with Gasteiger partial charge in [-0.1, -0.05) is 35.1 Å². The number of carbonyl (C=O) groups is 1. The summed E-state index contributed by atoms with van der Waals surface area (Å²) < 4.78 is 5.26. The first-order valence-electron chi connectivity index (χ1n) is 9.99. The van der Waals surface area contributed by atoms with Crippen molar-refractivity contribution in [1.82, 2.24) is 0 Å². The van der Waals surface area contributed by atoms with Crippen LogP contribution in [0.3, 0.4) is 0 Å². The van der Waals surface area contributed by atoms with Gasteiger partial charge in [0.15, 0.2) is 0 Å². The van der Waals surface area contributed by atoms with Gasteiger partial charge in [0.25, 0.3) is 0 Å². The zero-order valence-electron chi connectivity index (χ0n) is 19.1. The number of ether oxygens (including phenoxy) is 1. The van der Waals surface area contributed by atoms with E-state index < -0.39 is 0 Å². The molecule has 0 spiro atoms. The molecule has 8 heteroatoms. The Hall–Kier alpha value is 1.93. The van der Waals surface area contributed by atoms with Gasteiger partial charge in [0, 0.05) is 0 Å². The van der Waals surface area contributed by atoms with Gasteiger partial charge in [-0.25, -0.2) is 0 Å². The SMILES string of the molecule is C.CC(C)C1SCCCS1.COC(=O)C(C)C.[CH3][Al]=[S](C)CCC[S][Al]([CH3])[CH3]. The molecule has 0 aromatic carbocycles. The van der Waals surface area contributed by atoms with Gasteiger partial charge in [0.05, 0.1) is 17.6 Å². The molecule has 0 amide bonds. The number of hydrogen-bond acceptors (Lipinski definition) is 5. The number of thioether (sulfide) groups is 2. The van der Waals surface area contributed by atoms with Crippen molar-refractivity contribution in [3.05, 3.63) is 0 Å². The first-order valence-corrected chi connectivity index (χ1v) is 21.3. The summed E-state index contributed by atoms with van der Waals surface area (Å²) in [5.41, 5.74) is 0. The van der Waals surface area contributed by atoms with E-state index >= 15 is 0 Å². The second-order valence-electron chi connectivity index (χ2n) is 7.29. The zero-order chi connectivity index (χ0) is 21.2. The molecule has 0 N–H and O–H groups in total. The summed E-state index contributed by atoms with van der Waals surface area (Å²) in [5, 5.41) is 0. The summed E-state index contributed by atoms with van der Waals surface area (Å²) in [5.74, 6) is 13.6. The Kier molecular flexibility index (Phi) is 29.1. The quantitative estimate of drug-likeness (QED) is 0.209. The fraction of sp³-hybridized carbons (Fsp3) is 0.950. The fourth-order valence-corrected chi connectivity index (χ4v) is 9.77. The molecular weight excluding hydrogens is 454 g/mol. The van der Waals surface area contributed by atoms with Gasteiger partial charge in [-0.15, -0.1) is 23.5 Å². The van der Waals surface area contributed by atoms with Crippen molar-refractivity contribution < 1.29 is 9.53 Å². The molecule has 168 valence electrons. The fourth-order valence-electron chi connectivity index (χ4n) is 1.85. The van der Waals surface area contributed by atoms with E-state index in [2.05, 4.69) is 75.8 Å². The molecule has 0 aromatic heterocycles. The summed E-state index contributed by atoms with van der Waals surface area (Å²) in [7, 11) is 4.42. The Morgan fingerprint density at radius 3 is 2.07 bits per heavy atom. The summed E-state index contributed by atoms with van der Waals surface area (Å²) >= 11 is 4.70. The summed E-state index contributed by atoms with van der Waals surface area (Å²) in [4.78, 5) is 10.3. The van der Waals surface area contributed by atoms with Gasteiger partial charge in [-0.3, -0.25) is 4.79 Å². The van der Waals surface area contributed by atoms with Crippen molar-refractivity contribution in [3.63, 3.8) is 0 Å². The molecule has 0 aliphatic carbocycles. The first-order chi connectivity index (χ1) is 12.6. The Morgan fingerprint density at radius 1 is 1.25 bits per heavy atom. The summed E-state index contributed by atoms with van der Waals surface area (Å²) in [6, 6.07) is 0. The summed E-state index contributed by atoms with van der Waals surface area (Å²) in [6.07, 6.45) is 5.31. The number of methoxy groups -OCH3 is 1. The molecule has 0 radical (unpaired) electrons.